The monoisotopic (exact) mass is 213 g/mol. The van der Waals surface area contributed by atoms with Crippen molar-refractivity contribution in [2.45, 2.75) is 12.8 Å². The van der Waals surface area contributed by atoms with Crippen LogP contribution < -0.4 is 0 Å². The van der Waals surface area contributed by atoms with Gasteiger partial charge in [-0.1, -0.05) is 0 Å². The number of Topliss-reactive ketones (excluding diaryl/α,β-unsaturated/α-hetero) is 1. The average Bonchev–Trinajstić information content (AvgIpc) is 2.69. The third-order valence-electron chi connectivity index (χ3n) is 3.37. The molecule has 2 atom stereocenters. The number of carbonyl (C=O) groups excluding carboxylic acids is 1. The first kappa shape index (κ1) is 11.0. The summed E-state index contributed by atoms with van der Waals surface area (Å²) >= 11 is 0. The van der Waals surface area contributed by atoms with E-state index in [1.807, 2.05) is 0 Å². The molecule has 0 aromatic carbocycles. The maximum absolute atomic E-state index is 11.6. The highest BCUT2D eigenvalue weighted by atomic mass is 16.5. The molecule has 2 unspecified atom stereocenters. The molecule has 2 saturated heterocycles. The van der Waals surface area contributed by atoms with E-state index < -0.39 is 0 Å². The van der Waals surface area contributed by atoms with Gasteiger partial charge in [-0.05, 0) is 18.9 Å². The fraction of sp³-hybridized carbons (Fsp3) is 0.909. The van der Waals surface area contributed by atoms with Crippen LogP contribution in [0.3, 0.4) is 0 Å². The van der Waals surface area contributed by atoms with E-state index in [2.05, 4.69) is 4.90 Å². The molecule has 2 heterocycles. The maximum atomic E-state index is 11.6. The molecule has 2 rings (SSSR count). The zero-order valence-corrected chi connectivity index (χ0v) is 9.02. The Morgan fingerprint density at radius 2 is 2.40 bits per heavy atom. The second-order valence-corrected chi connectivity index (χ2v) is 4.59. The molecule has 0 spiro atoms. The third kappa shape index (κ3) is 2.77. The third-order valence-corrected chi connectivity index (χ3v) is 3.37. The van der Waals surface area contributed by atoms with E-state index in [4.69, 9.17) is 9.84 Å². The van der Waals surface area contributed by atoms with Crippen molar-refractivity contribution in [3.8, 4) is 0 Å². The summed E-state index contributed by atoms with van der Waals surface area (Å²) < 4.78 is 5.32. The number of aliphatic hydroxyl groups excluding tert-OH is 1. The van der Waals surface area contributed by atoms with Gasteiger partial charge in [0.2, 0.25) is 0 Å². The van der Waals surface area contributed by atoms with Gasteiger partial charge < -0.3 is 14.7 Å². The Kier molecular flexibility index (Phi) is 3.72. The Morgan fingerprint density at radius 3 is 3.07 bits per heavy atom. The Bertz CT molecular complexity index is 232. The summed E-state index contributed by atoms with van der Waals surface area (Å²) in [6.45, 7) is 4.20. The number of carbonyl (C=O) groups is 1. The number of ketones is 1. The van der Waals surface area contributed by atoms with Crippen LogP contribution in [0.15, 0.2) is 0 Å². The van der Waals surface area contributed by atoms with Gasteiger partial charge in [0, 0.05) is 26.1 Å². The number of hydrogen-bond donors (Lipinski definition) is 1. The lowest BCUT2D eigenvalue weighted by Crippen LogP contribution is -2.37. The van der Waals surface area contributed by atoms with Gasteiger partial charge in [0.25, 0.3) is 0 Å². The molecule has 2 aliphatic heterocycles. The molecular formula is C11H19NO3. The molecule has 4 nitrogen and oxygen atoms in total. The Balaban J connectivity index is 1.79. The van der Waals surface area contributed by atoms with Crippen molar-refractivity contribution in [2.75, 3.05) is 39.5 Å². The molecular weight excluding hydrogens is 194 g/mol. The van der Waals surface area contributed by atoms with E-state index >= 15 is 0 Å². The van der Waals surface area contributed by atoms with Gasteiger partial charge in [0.05, 0.1) is 19.1 Å². The van der Waals surface area contributed by atoms with Crippen LogP contribution in [0.1, 0.15) is 12.8 Å². The van der Waals surface area contributed by atoms with E-state index in [0.29, 0.717) is 31.3 Å². The molecule has 2 fully saturated rings. The van der Waals surface area contributed by atoms with Crippen LogP contribution in [0, 0.1) is 11.8 Å². The number of rotatable bonds is 3. The fourth-order valence-electron chi connectivity index (χ4n) is 2.39. The maximum Gasteiger partial charge on any atom is 0.141 e. The van der Waals surface area contributed by atoms with Crippen molar-refractivity contribution in [3.63, 3.8) is 0 Å². The van der Waals surface area contributed by atoms with Gasteiger partial charge in [0.15, 0.2) is 0 Å². The van der Waals surface area contributed by atoms with Crippen LogP contribution >= 0.6 is 0 Å². The molecule has 0 amide bonds. The molecule has 0 radical (unpaired) electrons. The summed E-state index contributed by atoms with van der Waals surface area (Å²) in [5, 5.41) is 9.02. The van der Waals surface area contributed by atoms with Crippen molar-refractivity contribution >= 4 is 5.78 Å². The van der Waals surface area contributed by atoms with Crippen LogP contribution in [-0.2, 0) is 9.53 Å². The first-order valence-electron chi connectivity index (χ1n) is 5.73. The van der Waals surface area contributed by atoms with Crippen LogP contribution in [0.25, 0.3) is 0 Å². The summed E-state index contributed by atoms with van der Waals surface area (Å²) in [6.07, 6.45) is 1.63. The Morgan fingerprint density at radius 1 is 1.53 bits per heavy atom. The number of aliphatic hydroxyl groups is 1. The molecule has 2 aliphatic rings. The minimum absolute atomic E-state index is 0.0659. The first-order chi connectivity index (χ1) is 7.29. The van der Waals surface area contributed by atoms with Crippen molar-refractivity contribution in [3.05, 3.63) is 0 Å². The van der Waals surface area contributed by atoms with Crippen molar-refractivity contribution in [1.29, 1.82) is 0 Å². The molecule has 0 aromatic rings. The quantitative estimate of drug-likeness (QED) is 0.711. The highest BCUT2D eigenvalue weighted by Gasteiger charge is 2.28. The van der Waals surface area contributed by atoms with Crippen LogP contribution in [0.5, 0.6) is 0 Å². The van der Waals surface area contributed by atoms with Crippen LogP contribution in [-0.4, -0.2) is 55.2 Å². The molecule has 15 heavy (non-hydrogen) atoms. The summed E-state index contributed by atoms with van der Waals surface area (Å²) in [5.41, 5.74) is 0. The average molecular weight is 213 g/mol. The largest absolute Gasteiger partial charge is 0.396 e. The fourth-order valence-corrected chi connectivity index (χ4v) is 2.39. The van der Waals surface area contributed by atoms with Crippen molar-refractivity contribution < 1.29 is 14.6 Å². The zero-order chi connectivity index (χ0) is 10.7. The Hall–Kier alpha value is -0.450. The Labute approximate surface area is 90.2 Å². The highest BCUT2D eigenvalue weighted by molar-refractivity contribution is 5.82. The number of likely N-dealkylation sites (tertiary alicyclic amines) is 1. The first-order valence-corrected chi connectivity index (χ1v) is 5.73. The lowest BCUT2D eigenvalue weighted by atomic mass is 10.0. The van der Waals surface area contributed by atoms with E-state index in [1.54, 1.807) is 0 Å². The summed E-state index contributed by atoms with van der Waals surface area (Å²) in [5.74, 6) is 0.814. The van der Waals surface area contributed by atoms with Crippen LogP contribution in [0.4, 0.5) is 0 Å². The van der Waals surface area contributed by atoms with Gasteiger partial charge in [-0.2, -0.15) is 0 Å². The minimum Gasteiger partial charge on any atom is -0.396 e. The molecule has 86 valence electrons. The predicted molar refractivity (Wildman–Crippen MR) is 55.6 cm³/mol. The van der Waals surface area contributed by atoms with Gasteiger partial charge >= 0.3 is 0 Å². The number of nitrogens with zero attached hydrogens (tertiary/aromatic N) is 1. The molecule has 0 saturated carbocycles. The second-order valence-electron chi connectivity index (χ2n) is 4.59. The number of hydrogen-bond acceptors (Lipinski definition) is 4. The van der Waals surface area contributed by atoms with Gasteiger partial charge in [-0.3, -0.25) is 4.79 Å². The normalized spacial score (nSPS) is 33.5. The van der Waals surface area contributed by atoms with Gasteiger partial charge in [0.1, 0.15) is 5.78 Å². The minimum atomic E-state index is 0.0659. The van der Waals surface area contributed by atoms with E-state index in [0.717, 1.165) is 26.1 Å². The lowest BCUT2D eigenvalue weighted by Gasteiger charge is -2.25. The SMILES string of the molecule is O=C1CCOCC1CN1CCC(CO)C1. The van der Waals surface area contributed by atoms with Crippen molar-refractivity contribution in [1.82, 2.24) is 4.90 Å². The molecule has 0 aliphatic carbocycles. The van der Waals surface area contributed by atoms with Crippen LogP contribution in [0.2, 0.25) is 0 Å². The standard InChI is InChI=1S/C11H19NO3/c13-7-9-1-3-12(5-9)6-10-8-15-4-2-11(10)14/h9-10,13H,1-8H2. The second kappa shape index (κ2) is 5.05. The topological polar surface area (TPSA) is 49.8 Å². The smallest absolute Gasteiger partial charge is 0.141 e. The van der Waals surface area contributed by atoms with E-state index in [9.17, 15) is 4.79 Å². The molecule has 0 bridgehead atoms. The zero-order valence-electron chi connectivity index (χ0n) is 9.02. The van der Waals surface area contributed by atoms with Crippen molar-refractivity contribution in [2.24, 2.45) is 11.8 Å². The number of ether oxygens (including phenoxy) is 1. The lowest BCUT2D eigenvalue weighted by molar-refractivity contribution is -0.131. The predicted octanol–water partition coefficient (Wildman–Crippen LogP) is -0.0938. The van der Waals surface area contributed by atoms with E-state index in [-0.39, 0.29) is 12.5 Å². The van der Waals surface area contributed by atoms with Gasteiger partial charge in [-0.15, -0.1) is 0 Å². The molecule has 1 N–H and O–H groups in total. The summed E-state index contributed by atoms with van der Waals surface area (Å²) in [4.78, 5) is 13.9. The summed E-state index contributed by atoms with van der Waals surface area (Å²) in [6, 6.07) is 0. The summed E-state index contributed by atoms with van der Waals surface area (Å²) in [7, 11) is 0. The van der Waals surface area contributed by atoms with E-state index in [1.165, 1.54) is 0 Å². The highest BCUT2D eigenvalue weighted by Crippen LogP contribution is 2.19. The molecule has 4 heteroatoms. The van der Waals surface area contributed by atoms with Gasteiger partial charge in [-0.25, -0.2) is 0 Å². The molecule has 0 aromatic heterocycles.